The summed E-state index contributed by atoms with van der Waals surface area (Å²) in [6.45, 7) is 28.1. The Morgan fingerprint density at radius 2 is 0.728 bits per heavy atom. The van der Waals surface area contributed by atoms with E-state index in [1.165, 1.54) is 39.4 Å². The molecule has 4 heterocycles. The van der Waals surface area contributed by atoms with Crippen molar-refractivity contribution >= 4 is 70.7 Å². The molecule has 20 N–H and O–H groups in total. The van der Waals surface area contributed by atoms with Gasteiger partial charge in [0.15, 0.2) is 0 Å². The maximum absolute atomic E-state index is 11.8. The molecule has 0 aromatic carbocycles. The molecule has 4 aromatic rings. The molecule has 12 atom stereocenters. The van der Waals surface area contributed by atoms with E-state index in [1.54, 1.807) is 0 Å². The van der Waals surface area contributed by atoms with Crippen LogP contribution in [0, 0.1) is 23.6 Å². The average molecular weight is 1300 g/mol. The number of aliphatic hydroxyl groups excluding tert-OH is 4. The van der Waals surface area contributed by atoms with Gasteiger partial charge in [-0.25, -0.2) is 19.9 Å². The summed E-state index contributed by atoms with van der Waals surface area (Å²) in [6.07, 6.45) is -13.1. The number of nitrogens with one attached hydrogen (secondary N) is 8. The molecule has 4 saturated carbocycles. The molecule has 4 aliphatic carbocycles. The number of aliphatic hydroxyl groups is 4. The second-order valence-electron chi connectivity index (χ2n) is 26.8. The van der Waals surface area contributed by atoms with E-state index in [-0.39, 0.29) is 106 Å². The number of hydrogen-bond acceptors (Lipinski definition) is 24. The van der Waals surface area contributed by atoms with Crippen LogP contribution in [0.25, 0.3) is 0 Å². The first-order valence-electron chi connectivity index (χ1n) is 38.0. The molecule has 28 heteroatoms. The summed E-state index contributed by atoms with van der Waals surface area (Å²) >= 11 is 0. The fourth-order valence-electron chi connectivity index (χ4n) is 8.65. The monoisotopic (exact) mass is 1300 g/mol. The molecular formula is C64H108N20O8. The first-order chi connectivity index (χ1) is 48.4. The molecule has 4 fully saturated rings. The maximum Gasteiger partial charge on any atom is 0.254 e. The van der Waals surface area contributed by atoms with Gasteiger partial charge in [0.05, 0.1) is 49.4 Å². The first-order valence-corrected chi connectivity index (χ1v) is 30.0. The van der Waals surface area contributed by atoms with Gasteiger partial charge < -0.3 is 85.9 Å². The lowest BCUT2D eigenvalue weighted by Crippen LogP contribution is -2.36. The molecule has 0 bridgehead atoms. The van der Waals surface area contributed by atoms with E-state index in [0.29, 0.717) is 18.8 Å². The van der Waals surface area contributed by atoms with Crippen LogP contribution in [0.3, 0.4) is 0 Å². The van der Waals surface area contributed by atoms with Crippen LogP contribution in [-0.4, -0.2) is 155 Å². The van der Waals surface area contributed by atoms with E-state index in [0.717, 1.165) is 13.1 Å². The van der Waals surface area contributed by atoms with Crippen molar-refractivity contribution < 1.29 is 61.5 Å². The highest BCUT2D eigenvalue weighted by atomic mass is 16.3. The number of nitrogens with zero attached hydrogens (tertiary/aromatic N) is 8. The first kappa shape index (κ1) is 53.9. The fraction of sp³-hybridized carbons (Fsp3) is 0.688. The number of hydrogen-bond donors (Lipinski definition) is 16. The van der Waals surface area contributed by atoms with Crippen molar-refractivity contribution in [3.05, 3.63) is 47.0 Å². The predicted molar refractivity (Wildman–Crippen MR) is 361 cm³/mol. The highest BCUT2D eigenvalue weighted by Gasteiger charge is 2.32. The number of anilines is 8. The van der Waals surface area contributed by atoms with E-state index >= 15 is 0 Å². The Morgan fingerprint density at radius 3 is 1.08 bits per heavy atom. The van der Waals surface area contributed by atoms with Crippen molar-refractivity contribution in [2.24, 2.45) is 46.5 Å². The van der Waals surface area contributed by atoms with Crippen molar-refractivity contribution in [1.82, 2.24) is 39.9 Å². The summed E-state index contributed by atoms with van der Waals surface area (Å²) < 4.78 is 131. The van der Waals surface area contributed by atoms with Crippen molar-refractivity contribution in [1.29, 1.82) is 0 Å². The minimum absolute atomic E-state index is 0.00566. The number of carbonyl (C=O) groups excluding carboxylic acids is 4. The minimum Gasteiger partial charge on any atom is -0.393 e. The number of aromatic nitrogens is 8. The van der Waals surface area contributed by atoms with E-state index in [2.05, 4.69) is 82.4 Å². The minimum atomic E-state index is -2.94. The maximum atomic E-state index is 11.8. The molecule has 0 spiro atoms. The summed E-state index contributed by atoms with van der Waals surface area (Å²) in [5.41, 5.74) is 19.9. The van der Waals surface area contributed by atoms with Crippen LogP contribution >= 0.6 is 0 Å². The summed E-state index contributed by atoms with van der Waals surface area (Å²) in [5.74, 6) is -9.14. The van der Waals surface area contributed by atoms with Crippen molar-refractivity contribution in [2.45, 2.75) is 258 Å². The molecule has 8 rings (SSSR count). The van der Waals surface area contributed by atoms with Crippen LogP contribution in [0.1, 0.15) is 251 Å². The Balaban J connectivity index is 0.000000258. The molecule has 0 radical (unpaired) electrons. The van der Waals surface area contributed by atoms with Crippen molar-refractivity contribution in [3.8, 4) is 0 Å². The number of rotatable bonds is 16. The highest BCUT2D eigenvalue weighted by molar-refractivity contribution is 5.99. The molecule has 0 saturated heterocycles. The van der Waals surface area contributed by atoms with Gasteiger partial charge in [-0.3, -0.25) is 19.2 Å². The van der Waals surface area contributed by atoms with Crippen molar-refractivity contribution in [2.75, 3.05) is 42.5 Å². The Hall–Kier alpha value is -7.56. The van der Waals surface area contributed by atoms with Crippen LogP contribution < -0.4 is 65.5 Å². The number of nitrogens with two attached hydrogens (primary N) is 4. The van der Waals surface area contributed by atoms with Gasteiger partial charge >= 0.3 is 0 Å². The topological polar surface area (TPSA) is 453 Å². The summed E-state index contributed by atoms with van der Waals surface area (Å²) in [4.78, 5) is 80.0. The lowest BCUT2D eigenvalue weighted by Gasteiger charge is -2.32. The second kappa shape index (κ2) is 32.3. The molecule has 92 heavy (non-hydrogen) atoms. The van der Waals surface area contributed by atoms with Gasteiger partial charge in [-0.05, 0) is 183 Å². The molecule has 0 aliphatic heterocycles. The van der Waals surface area contributed by atoms with E-state index in [4.69, 9.17) is 44.9 Å². The van der Waals surface area contributed by atoms with Gasteiger partial charge in [0.2, 0.25) is 23.8 Å². The largest absolute Gasteiger partial charge is 0.393 e. The number of carbonyl (C=O) groups is 4. The summed E-state index contributed by atoms with van der Waals surface area (Å²) in [7, 11) is 0. The standard InChI is InChI=1S/4C16H27N5O2/c4*1-9-5-6-10(7-12(9)22)19-14-11(13(17)23)8-18-15(20-14)21-16(2,3)4/h4*8-10,12,22H,5-7H2,1-4H3,(H2,17,23)(H2,18,19,20,21)/i5D2,6D2,9D,10D;5D2,9D,10D;7D2,9D;5D2,9D. The molecule has 28 nitrogen and oxygen atoms in total. The van der Waals surface area contributed by atoms with Crippen LogP contribution in [0.15, 0.2) is 24.8 Å². The van der Waals surface area contributed by atoms with E-state index < -0.39 is 140 Å². The Morgan fingerprint density at radius 1 is 0.413 bits per heavy atom. The molecule has 4 aromatic heterocycles. The highest BCUT2D eigenvalue weighted by Crippen LogP contribution is 2.32. The van der Waals surface area contributed by atoms with Crippen LogP contribution in [-0.2, 0) is 0 Å². The van der Waals surface area contributed by atoms with Crippen molar-refractivity contribution in [3.63, 3.8) is 0 Å². The van der Waals surface area contributed by atoms with Crippen LogP contribution in [0.4, 0.5) is 47.1 Å². The molecule has 4 amide bonds. The smallest absolute Gasteiger partial charge is 0.254 e. The Bertz CT molecular complexity index is 3920. The zero-order chi connectivity index (χ0) is 83.3. The molecular weight excluding hydrogens is 1180 g/mol. The normalized spacial score (nSPS) is 35.1. The zero-order valence-electron chi connectivity index (χ0n) is 71.5. The van der Waals surface area contributed by atoms with E-state index in [9.17, 15) is 39.6 Å². The lowest BCUT2D eigenvalue weighted by molar-refractivity contribution is 0.0737. The van der Waals surface area contributed by atoms with Gasteiger partial charge in [-0.15, -0.1) is 0 Å². The zero-order valence-corrected chi connectivity index (χ0v) is 55.5. The predicted octanol–water partition coefficient (Wildman–Crippen LogP) is 6.99. The SMILES string of the molecule is [2H]C1(C)CCC(Nc2nc(NC(C)(C)C)ncc2C(N)=O)C([2H])([2H])C1O.[2H]C1(Nc2nc(NC(C)(C)C)ncc2C(N)=O)CC(O)C([2H])(C)C([2H])([2H])C1.[2H]C1(Nc2nc(NC(C)(C)C)ncc2C(N)=O)CC(O)C([2H])(C)C([2H])([2H])C1([2H])[2H].[2H]C1([2H])CC(Nc2nc(NC(C)(C)C)ncc2C(N)=O)CC(O)C1([2H])C. The number of primary amides is 4. The quantitative estimate of drug-likeness (QED) is 0.0537. The Labute approximate surface area is 565 Å². The van der Waals surface area contributed by atoms with Gasteiger partial charge in [-0.1, -0.05) is 27.7 Å². The molecule has 4 aliphatic rings. The molecule has 12 unspecified atom stereocenters. The lowest BCUT2D eigenvalue weighted by atomic mass is 9.85. The van der Waals surface area contributed by atoms with Gasteiger partial charge in [0.1, 0.15) is 23.3 Å². The van der Waals surface area contributed by atoms with Gasteiger partial charge in [-0.2, -0.15) is 19.9 Å². The van der Waals surface area contributed by atoms with Gasteiger partial charge in [0.25, 0.3) is 23.6 Å². The Kier molecular flexibility index (Phi) is 18.9. The third kappa shape index (κ3) is 24.8. The third-order valence-electron chi connectivity index (χ3n) is 13.5. The molecule has 512 valence electrons. The average Bonchev–Trinajstić information content (AvgIpc) is 0.702. The summed E-state index contributed by atoms with van der Waals surface area (Å²) in [5, 5.41) is 64.3. The van der Waals surface area contributed by atoms with Crippen LogP contribution in [0.2, 0.25) is 0 Å². The van der Waals surface area contributed by atoms with Crippen LogP contribution in [0.5, 0.6) is 0 Å². The second-order valence-corrected chi connectivity index (χ2v) is 26.8. The number of amides is 4. The fourth-order valence-corrected chi connectivity index (χ4v) is 8.65. The van der Waals surface area contributed by atoms with Gasteiger partial charge in [0, 0.05) is 90.3 Å². The van der Waals surface area contributed by atoms with E-state index in [1.807, 2.05) is 83.1 Å². The third-order valence-corrected chi connectivity index (χ3v) is 13.5. The summed E-state index contributed by atoms with van der Waals surface area (Å²) in [6, 6.07) is -5.46.